The van der Waals surface area contributed by atoms with Gasteiger partial charge in [0.2, 0.25) is 8.32 Å². The summed E-state index contributed by atoms with van der Waals surface area (Å²) < 4.78 is 11.5. The van der Waals surface area contributed by atoms with Crippen LogP contribution in [-0.2, 0) is 16.0 Å². The quantitative estimate of drug-likeness (QED) is 0.600. The van der Waals surface area contributed by atoms with Crippen LogP contribution < -0.4 is 4.43 Å². The number of carbonyl (C=O) groups is 1. The van der Waals surface area contributed by atoms with Crippen LogP contribution >= 0.6 is 0 Å². The third kappa shape index (κ3) is 3.22. The van der Waals surface area contributed by atoms with E-state index in [0.29, 0.717) is 0 Å². The number of benzene rings is 1. The van der Waals surface area contributed by atoms with Crippen LogP contribution in [0.25, 0.3) is 0 Å². The molecule has 0 amide bonds. The number of hydrogen-bond acceptors (Lipinski definition) is 3. The molecule has 122 valence electrons. The Morgan fingerprint density at radius 2 is 1.95 bits per heavy atom. The summed E-state index contributed by atoms with van der Waals surface area (Å²) in [5.74, 6) is 0.694. The lowest BCUT2D eigenvalue weighted by molar-refractivity contribution is -0.142. The fourth-order valence-electron chi connectivity index (χ4n) is 2.73. The molecule has 3 nitrogen and oxygen atoms in total. The Morgan fingerprint density at radius 1 is 1.27 bits per heavy atom. The molecule has 0 radical (unpaired) electrons. The van der Waals surface area contributed by atoms with Gasteiger partial charge in [0.05, 0.1) is 13.0 Å². The van der Waals surface area contributed by atoms with Crippen molar-refractivity contribution in [2.24, 2.45) is 0 Å². The van der Waals surface area contributed by atoms with E-state index >= 15 is 0 Å². The van der Waals surface area contributed by atoms with Gasteiger partial charge in [-0.25, -0.2) is 0 Å². The van der Waals surface area contributed by atoms with Crippen molar-refractivity contribution in [1.29, 1.82) is 0 Å². The van der Waals surface area contributed by atoms with Crippen LogP contribution in [0.2, 0.25) is 18.1 Å². The minimum atomic E-state index is -1.88. The molecule has 4 heteroatoms. The zero-order chi connectivity index (χ0) is 16.5. The van der Waals surface area contributed by atoms with Gasteiger partial charge in [0.15, 0.2) is 0 Å². The Hall–Kier alpha value is -1.29. The average molecular weight is 321 g/mol. The summed E-state index contributed by atoms with van der Waals surface area (Å²) in [5, 5.41) is 0.159. The number of carbonyl (C=O) groups excluding carboxylic acids is 1. The second-order valence-electron chi connectivity index (χ2n) is 7.65. The molecule has 22 heavy (non-hydrogen) atoms. The SMILES string of the molecule is COC(=O)C1CCCc2c(O[Si](C)(C)C(C)(C)C)cccc21. The van der Waals surface area contributed by atoms with E-state index in [0.717, 1.165) is 30.6 Å². The largest absolute Gasteiger partial charge is 0.543 e. The summed E-state index contributed by atoms with van der Waals surface area (Å²) in [6.45, 7) is 11.2. The Balaban J connectivity index is 2.38. The van der Waals surface area contributed by atoms with Crippen LogP contribution in [0.4, 0.5) is 0 Å². The van der Waals surface area contributed by atoms with Gasteiger partial charge in [-0.2, -0.15) is 0 Å². The van der Waals surface area contributed by atoms with Crippen LogP contribution in [0, 0.1) is 0 Å². The van der Waals surface area contributed by atoms with Crippen LogP contribution in [0.3, 0.4) is 0 Å². The highest BCUT2D eigenvalue weighted by molar-refractivity contribution is 6.74. The molecule has 0 aromatic heterocycles. The Bertz CT molecular complexity index is 558. The van der Waals surface area contributed by atoms with E-state index in [1.54, 1.807) is 0 Å². The molecule has 1 aromatic carbocycles. The molecular weight excluding hydrogens is 292 g/mol. The summed E-state index contributed by atoms with van der Waals surface area (Å²) >= 11 is 0. The fourth-order valence-corrected chi connectivity index (χ4v) is 3.77. The van der Waals surface area contributed by atoms with E-state index in [1.165, 1.54) is 12.7 Å². The number of fused-ring (bicyclic) bond motifs is 1. The van der Waals surface area contributed by atoms with Crippen molar-refractivity contribution in [3.8, 4) is 5.75 Å². The molecule has 0 fully saturated rings. The van der Waals surface area contributed by atoms with Crippen molar-refractivity contribution in [2.45, 2.75) is 64.1 Å². The first-order chi connectivity index (χ1) is 10.2. The van der Waals surface area contributed by atoms with Crippen LogP contribution in [0.1, 0.15) is 50.7 Å². The summed E-state index contributed by atoms with van der Waals surface area (Å²) in [5.41, 5.74) is 2.29. The molecule has 1 atom stereocenters. The van der Waals surface area contributed by atoms with Crippen molar-refractivity contribution < 1.29 is 14.0 Å². The number of esters is 1. The topological polar surface area (TPSA) is 35.5 Å². The van der Waals surface area contributed by atoms with Crippen LogP contribution in [-0.4, -0.2) is 21.4 Å². The first kappa shape index (κ1) is 17.1. The third-order valence-electron chi connectivity index (χ3n) is 5.12. The summed E-state index contributed by atoms with van der Waals surface area (Å²) in [6.07, 6.45) is 2.85. The van der Waals surface area contributed by atoms with Gasteiger partial charge in [0, 0.05) is 0 Å². The van der Waals surface area contributed by atoms with E-state index in [-0.39, 0.29) is 16.9 Å². The monoisotopic (exact) mass is 320 g/mol. The predicted molar refractivity (Wildman–Crippen MR) is 92.0 cm³/mol. The highest BCUT2D eigenvalue weighted by Gasteiger charge is 2.40. The first-order valence-electron chi connectivity index (χ1n) is 8.06. The average Bonchev–Trinajstić information content (AvgIpc) is 2.44. The molecular formula is C18H28O3Si. The highest BCUT2D eigenvalue weighted by Crippen LogP contribution is 2.42. The van der Waals surface area contributed by atoms with E-state index < -0.39 is 8.32 Å². The summed E-state index contributed by atoms with van der Waals surface area (Å²) in [6, 6.07) is 6.11. The summed E-state index contributed by atoms with van der Waals surface area (Å²) in [4.78, 5) is 12.0. The van der Waals surface area contributed by atoms with Crippen LogP contribution in [0.5, 0.6) is 5.75 Å². The molecule has 0 aliphatic heterocycles. The minimum Gasteiger partial charge on any atom is -0.543 e. The minimum absolute atomic E-state index is 0.134. The first-order valence-corrected chi connectivity index (χ1v) is 11.0. The zero-order valence-corrected chi connectivity index (χ0v) is 15.7. The molecule has 2 rings (SSSR count). The maximum absolute atomic E-state index is 12.0. The maximum Gasteiger partial charge on any atom is 0.313 e. The molecule has 1 aliphatic rings. The second-order valence-corrected chi connectivity index (χ2v) is 12.4. The molecule has 0 heterocycles. The Labute approximate surface area is 135 Å². The van der Waals surface area contributed by atoms with Gasteiger partial charge < -0.3 is 9.16 Å². The molecule has 1 aliphatic carbocycles. The van der Waals surface area contributed by atoms with Gasteiger partial charge >= 0.3 is 5.97 Å². The zero-order valence-electron chi connectivity index (χ0n) is 14.7. The van der Waals surface area contributed by atoms with Crippen LogP contribution in [0.15, 0.2) is 18.2 Å². The van der Waals surface area contributed by atoms with E-state index in [9.17, 15) is 4.79 Å². The highest BCUT2D eigenvalue weighted by atomic mass is 28.4. The molecule has 1 aromatic rings. The van der Waals surface area contributed by atoms with E-state index in [4.69, 9.17) is 9.16 Å². The van der Waals surface area contributed by atoms with Gasteiger partial charge in [0.25, 0.3) is 0 Å². The van der Waals surface area contributed by atoms with Crippen molar-refractivity contribution >= 4 is 14.3 Å². The smallest absolute Gasteiger partial charge is 0.313 e. The Kier molecular flexibility index (Phi) is 4.71. The van der Waals surface area contributed by atoms with Gasteiger partial charge in [-0.1, -0.05) is 32.9 Å². The van der Waals surface area contributed by atoms with Crippen molar-refractivity contribution in [2.75, 3.05) is 7.11 Å². The lowest BCUT2D eigenvalue weighted by Gasteiger charge is -2.38. The molecule has 0 N–H and O–H groups in total. The third-order valence-corrected chi connectivity index (χ3v) is 9.46. The maximum atomic E-state index is 12.0. The lowest BCUT2D eigenvalue weighted by atomic mass is 9.82. The second kappa shape index (κ2) is 6.07. The number of hydrogen-bond donors (Lipinski definition) is 0. The van der Waals surface area contributed by atoms with Gasteiger partial charge in [0.1, 0.15) is 5.75 Å². The molecule has 0 bridgehead atoms. The van der Waals surface area contributed by atoms with Gasteiger partial charge in [-0.05, 0) is 54.6 Å². The van der Waals surface area contributed by atoms with Gasteiger partial charge in [-0.15, -0.1) is 0 Å². The summed E-state index contributed by atoms with van der Waals surface area (Å²) in [7, 11) is -0.414. The normalized spacial score (nSPS) is 18.5. The molecule has 1 unspecified atom stereocenters. The molecule has 0 saturated carbocycles. The van der Waals surface area contributed by atoms with E-state index in [2.05, 4.69) is 46.0 Å². The standard InChI is InChI=1S/C18H28O3Si/c1-18(2,3)22(5,6)21-16-12-8-9-13-14(16)10-7-11-15(13)17(19)20-4/h8-9,12,15H,7,10-11H2,1-6H3. The number of ether oxygens (including phenoxy) is 1. The Morgan fingerprint density at radius 3 is 2.55 bits per heavy atom. The van der Waals surface area contributed by atoms with Crippen molar-refractivity contribution in [3.63, 3.8) is 0 Å². The fraction of sp³-hybridized carbons (Fsp3) is 0.611. The van der Waals surface area contributed by atoms with Gasteiger partial charge in [-0.3, -0.25) is 4.79 Å². The number of methoxy groups -OCH3 is 1. The molecule has 0 spiro atoms. The van der Waals surface area contributed by atoms with E-state index in [1.807, 2.05) is 6.07 Å². The lowest BCUT2D eigenvalue weighted by Crippen LogP contribution is -2.44. The number of rotatable bonds is 3. The van der Waals surface area contributed by atoms with Crippen molar-refractivity contribution in [3.05, 3.63) is 29.3 Å². The predicted octanol–water partition coefficient (Wildman–Crippen LogP) is 4.66. The van der Waals surface area contributed by atoms with Crippen molar-refractivity contribution in [1.82, 2.24) is 0 Å². The molecule has 0 saturated heterocycles.